The first-order valence-electron chi connectivity index (χ1n) is 13.3. The SMILES string of the molecule is COC(=O)C1=C(C)O[C@H]2O[C@H](COCc3ccccc3)[C@@H](OCc3ccccc3)[C@H](OCc3ccccc3)[C@H]2S1. The molecular weight excluding hydrogens is 528 g/mol. The summed E-state index contributed by atoms with van der Waals surface area (Å²) in [7, 11) is 1.36. The number of ether oxygens (including phenoxy) is 6. The average molecular weight is 563 g/mol. The number of allylic oxidation sites excluding steroid dienone is 1. The first-order valence-corrected chi connectivity index (χ1v) is 14.2. The van der Waals surface area contributed by atoms with Crippen LogP contribution in [0.1, 0.15) is 23.6 Å². The number of hydrogen-bond acceptors (Lipinski definition) is 8. The summed E-state index contributed by atoms with van der Waals surface area (Å²) < 4.78 is 36.9. The van der Waals surface area contributed by atoms with Gasteiger partial charge in [0.2, 0.25) is 6.29 Å². The zero-order chi connectivity index (χ0) is 27.7. The number of thioether (sulfide) groups is 1. The molecular formula is C32H34O7S. The average Bonchev–Trinajstić information content (AvgIpc) is 3.00. The van der Waals surface area contributed by atoms with Crippen LogP contribution in [0, 0.1) is 0 Å². The van der Waals surface area contributed by atoms with Crippen molar-refractivity contribution in [1.82, 2.24) is 0 Å². The second-order valence-corrected chi connectivity index (χ2v) is 10.8. The molecule has 0 saturated carbocycles. The van der Waals surface area contributed by atoms with E-state index < -0.39 is 30.6 Å². The highest BCUT2D eigenvalue weighted by molar-refractivity contribution is 8.04. The summed E-state index contributed by atoms with van der Waals surface area (Å²) in [4.78, 5) is 13.0. The first-order chi connectivity index (χ1) is 19.6. The van der Waals surface area contributed by atoms with Gasteiger partial charge in [0.05, 0.1) is 33.5 Å². The summed E-state index contributed by atoms with van der Waals surface area (Å²) in [5, 5.41) is -0.368. The summed E-state index contributed by atoms with van der Waals surface area (Å²) in [6, 6.07) is 30.0. The van der Waals surface area contributed by atoms with Gasteiger partial charge in [0.15, 0.2) is 0 Å². The second kappa shape index (κ2) is 14.0. The van der Waals surface area contributed by atoms with Crippen molar-refractivity contribution in [2.75, 3.05) is 13.7 Å². The number of carbonyl (C=O) groups excluding carboxylic acids is 1. The molecule has 3 aromatic rings. The molecule has 0 N–H and O–H groups in total. The largest absolute Gasteiger partial charge is 0.467 e. The van der Waals surface area contributed by atoms with Gasteiger partial charge in [-0.3, -0.25) is 0 Å². The molecule has 0 aromatic heterocycles. The standard InChI is InChI=1S/C32H34O7S/c1-22-29(31(33)34-2)40-30-28(37-20-25-16-10-5-11-17-25)27(36-19-24-14-8-4-9-15-24)26(39-32(30)38-22)21-35-18-23-12-6-3-7-13-23/h3-17,26-28,30,32H,18-21H2,1-2H3/t26-,27-,28+,30-,32+/m1/s1. The van der Waals surface area contributed by atoms with Crippen molar-refractivity contribution in [2.45, 2.75) is 56.6 Å². The first kappa shape index (κ1) is 28.4. The van der Waals surface area contributed by atoms with Gasteiger partial charge in [-0.1, -0.05) is 91.0 Å². The molecule has 0 unspecified atom stereocenters. The Labute approximate surface area is 239 Å². The monoisotopic (exact) mass is 562 g/mol. The Bertz CT molecular complexity index is 1250. The molecule has 2 aliphatic heterocycles. The summed E-state index contributed by atoms with van der Waals surface area (Å²) >= 11 is 1.36. The van der Waals surface area contributed by atoms with E-state index in [4.69, 9.17) is 28.4 Å². The van der Waals surface area contributed by atoms with Gasteiger partial charge >= 0.3 is 5.97 Å². The van der Waals surface area contributed by atoms with E-state index in [9.17, 15) is 4.79 Å². The second-order valence-electron chi connectivity index (χ2n) is 9.64. The number of methoxy groups -OCH3 is 1. The maximum Gasteiger partial charge on any atom is 0.347 e. The summed E-state index contributed by atoms with van der Waals surface area (Å²) in [6.45, 7) is 3.21. The minimum Gasteiger partial charge on any atom is -0.467 e. The lowest BCUT2D eigenvalue weighted by atomic mass is 10.00. The highest BCUT2D eigenvalue weighted by atomic mass is 32.2. The van der Waals surface area contributed by atoms with Crippen LogP contribution in [-0.4, -0.2) is 49.5 Å². The molecule has 3 aromatic carbocycles. The van der Waals surface area contributed by atoms with Gasteiger partial charge in [-0.05, 0) is 23.6 Å². The quantitative estimate of drug-likeness (QED) is 0.278. The third-order valence-corrected chi connectivity index (χ3v) is 8.25. The minimum atomic E-state index is -0.652. The summed E-state index contributed by atoms with van der Waals surface area (Å²) in [6.07, 6.45) is -2.08. The van der Waals surface area contributed by atoms with Crippen LogP contribution in [0.2, 0.25) is 0 Å². The Kier molecular flexibility index (Phi) is 9.91. The van der Waals surface area contributed by atoms with Crippen LogP contribution in [0.25, 0.3) is 0 Å². The maximum atomic E-state index is 12.6. The number of esters is 1. The fourth-order valence-corrected chi connectivity index (χ4v) is 6.02. The Balaban J connectivity index is 1.41. The molecule has 5 rings (SSSR count). The number of benzene rings is 3. The number of carbonyl (C=O) groups is 1. The molecule has 0 amide bonds. The van der Waals surface area contributed by atoms with Gasteiger partial charge in [-0.15, -0.1) is 11.8 Å². The lowest BCUT2D eigenvalue weighted by Crippen LogP contribution is -2.60. The van der Waals surface area contributed by atoms with Gasteiger partial charge in [0.25, 0.3) is 0 Å². The Morgan fingerprint density at radius 2 is 1.30 bits per heavy atom. The zero-order valence-electron chi connectivity index (χ0n) is 22.6. The van der Waals surface area contributed by atoms with Crippen molar-refractivity contribution in [3.8, 4) is 0 Å². The number of fused-ring (bicyclic) bond motifs is 1. The molecule has 5 atom stereocenters. The van der Waals surface area contributed by atoms with Gasteiger partial charge in [0.1, 0.15) is 34.2 Å². The van der Waals surface area contributed by atoms with Crippen LogP contribution in [-0.2, 0) is 53.0 Å². The van der Waals surface area contributed by atoms with E-state index in [1.165, 1.54) is 18.9 Å². The van der Waals surface area contributed by atoms with Crippen LogP contribution in [0.5, 0.6) is 0 Å². The van der Waals surface area contributed by atoms with Crippen LogP contribution >= 0.6 is 11.8 Å². The molecule has 0 aliphatic carbocycles. The van der Waals surface area contributed by atoms with Crippen molar-refractivity contribution in [3.63, 3.8) is 0 Å². The van der Waals surface area contributed by atoms with Crippen LogP contribution < -0.4 is 0 Å². The van der Waals surface area contributed by atoms with E-state index in [1.807, 2.05) is 91.0 Å². The van der Waals surface area contributed by atoms with Crippen LogP contribution in [0.3, 0.4) is 0 Å². The van der Waals surface area contributed by atoms with E-state index in [2.05, 4.69) is 0 Å². The van der Waals surface area contributed by atoms with Gasteiger partial charge < -0.3 is 28.4 Å². The third-order valence-electron chi connectivity index (χ3n) is 6.79. The Morgan fingerprint density at radius 3 is 1.85 bits per heavy atom. The van der Waals surface area contributed by atoms with E-state index >= 15 is 0 Å². The Hall–Kier alpha value is -3.14. The molecule has 40 heavy (non-hydrogen) atoms. The summed E-state index contributed by atoms with van der Waals surface area (Å²) in [5.74, 6) is 0.0188. The van der Waals surface area contributed by atoms with Crippen LogP contribution in [0.4, 0.5) is 0 Å². The highest BCUT2D eigenvalue weighted by Crippen LogP contribution is 2.43. The number of rotatable bonds is 11. The normalized spacial score (nSPS) is 24.2. The zero-order valence-corrected chi connectivity index (χ0v) is 23.5. The smallest absolute Gasteiger partial charge is 0.347 e. The summed E-state index contributed by atoms with van der Waals surface area (Å²) in [5.41, 5.74) is 3.14. The predicted octanol–water partition coefficient (Wildman–Crippen LogP) is 5.64. The molecule has 210 valence electrons. The van der Waals surface area contributed by atoms with E-state index in [0.717, 1.165) is 16.7 Å². The van der Waals surface area contributed by atoms with Crippen molar-refractivity contribution in [2.24, 2.45) is 0 Å². The molecule has 1 saturated heterocycles. The topological polar surface area (TPSA) is 72.5 Å². The Morgan fingerprint density at radius 1 is 0.775 bits per heavy atom. The van der Waals surface area contributed by atoms with Crippen LogP contribution in [0.15, 0.2) is 102 Å². The molecule has 0 spiro atoms. The van der Waals surface area contributed by atoms with Crippen molar-refractivity contribution < 1.29 is 33.2 Å². The maximum absolute atomic E-state index is 12.6. The van der Waals surface area contributed by atoms with Gasteiger partial charge in [0, 0.05) is 0 Å². The van der Waals surface area contributed by atoms with Crippen molar-refractivity contribution >= 4 is 17.7 Å². The predicted molar refractivity (Wildman–Crippen MR) is 152 cm³/mol. The molecule has 0 radical (unpaired) electrons. The minimum absolute atomic E-state index is 0.281. The molecule has 8 heteroatoms. The van der Waals surface area contributed by atoms with Crippen molar-refractivity contribution in [1.29, 1.82) is 0 Å². The fourth-order valence-electron chi connectivity index (χ4n) is 4.76. The van der Waals surface area contributed by atoms with E-state index in [-0.39, 0.29) is 11.9 Å². The lowest BCUT2D eigenvalue weighted by molar-refractivity contribution is -0.266. The van der Waals surface area contributed by atoms with E-state index in [1.54, 1.807) is 6.92 Å². The van der Waals surface area contributed by atoms with Gasteiger partial charge in [-0.25, -0.2) is 4.79 Å². The molecule has 2 aliphatic rings. The molecule has 7 nitrogen and oxygen atoms in total. The lowest BCUT2D eigenvalue weighted by Gasteiger charge is -2.47. The number of hydrogen-bond donors (Lipinski definition) is 0. The van der Waals surface area contributed by atoms with Gasteiger partial charge in [-0.2, -0.15) is 0 Å². The van der Waals surface area contributed by atoms with Crippen molar-refractivity contribution in [3.05, 3.63) is 118 Å². The van der Waals surface area contributed by atoms with E-state index in [0.29, 0.717) is 30.5 Å². The molecule has 2 heterocycles. The molecule has 1 fully saturated rings. The molecule has 0 bridgehead atoms. The fraction of sp³-hybridized carbons (Fsp3) is 0.344. The highest BCUT2D eigenvalue weighted by Gasteiger charge is 2.52. The third kappa shape index (κ3) is 7.13.